The van der Waals surface area contributed by atoms with E-state index < -0.39 is 0 Å². The van der Waals surface area contributed by atoms with E-state index in [1.807, 2.05) is 45.9 Å². The van der Waals surface area contributed by atoms with Crippen LogP contribution in [0.2, 0.25) is 0 Å². The Morgan fingerprint density at radius 1 is 1.14 bits per heavy atom. The third-order valence-corrected chi connectivity index (χ3v) is 3.57. The summed E-state index contributed by atoms with van der Waals surface area (Å²) in [5.41, 5.74) is 2.31. The molecule has 0 saturated heterocycles. The topological polar surface area (TPSA) is 37.3 Å². The van der Waals surface area contributed by atoms with E-state index in [-0.39, 0.29) is 16.6 Å². The monoisotopic (exact) mass is 288 g/mol. The maximum absolute atomic E-state index is 12.0. The van der Waals surface area contributed by atoms with Crippen molar-refractivity contribution >= 4 is 11.9 Å². The number of phenols is 1. The maximum Gasteiger partial charge on any atom is 0.161 e. The fraction of sp³-hybridized carbons (Fsp3) is 0.526. The van der Waals surface area contributed by atoms with Gasteiger partial charge in [-0.25, -0.2) is 0 Å². The van der Waals surface area contributed by atoms with Crippen LogP contribution in [-0.4, -0.2) is 10.9 Å². The number of allylic oxidation sites excluding steroid dienone is 1. The molecule has 1 aromatic rings. The van der Waals surface area contributed by atoms with Crippen LogP contribution in [0, 0.1) is 5.41 Å². The number of carbonyl (C=O) groups excluding carboxylic acids is 1. The summed E-state index contributed by atoms with van der Waals surface area (Å²) in [6, 6.07) is 3.93. The highest BCUT2D eigenvalue weighted by Gasteiger charge is 2.21. The lowest BCUT2D eigenvalue weighted by Gasteiger charge is -2.22. The summed E-state index contributed by atoms with van der Waals surface area (Å²) in [6.45, 7) is 14.0. The van der Waals surface area contributed by atoms with Gasteiger partial charge >= 0.3 is 0 Å². The van der Waals surface area contributed by atoms with Gasteiger partial charge in [0.2, 0.25) is 0 Å². The van der Waals surface area contributed by atoms with Crippen LogP contribution in [0.25, 0.3) is 6.08 Å². The molecule has 0 spiro atoms. The van der Waals surface area contributed by atoms with E-state index in [0.29, 0.717) is 5.75 Å². The Balaban J connectivity index is 3.27. The molecular formula is C19H28O2. The minimum atomic E-state index is -0.367. The Morgan fingerprint density at radius 2 is 1.71 bits per heavy atom. The van der Waals surface area contributed by atoms with Crippen molar-refractivity contribution in [3.05, 3.63) is 34.9 Å². The Labute approximate surface area is 128 Å². The Bertz CT molecular complexity index is 552. The second-order valence-corrected chi connectivity index (χ2v) is 7.63. The number of hydrogen-bond donors (Lipinski definition) is 1. The summed E-state index contributed by atoms with van der Waals surface area (Å²) < 4.78 is 0. The molecular weight excluding hydrogens is 260 g/mol. The van der Waals surface area contributed by atoms with Gasteiger partial charge in [-0.3, -0.25) is 4.79 Å². The van der Waals surface area contributed by atoms with Crippen molar-refractivity contribution in [2.75, 3.05) is 0 Å². The van der Waals surface area contributed by atoms with E-state index in [9.17, 15) is 9.90 Å². The van der Waals surface area contributed by atoms with Gasteiger partial charge in [-0.2, -0.15) is 0 Å². The molecule has 0 aliphatic heterocycles. The minimum Gasteiger partial charge on any atom is -0.507 e. The van der Waals surface area contributed by atoms with Crippen LogP contribution in [0.15, 0.2) is 18.2 Å². The number of ketones is 1. The molecule has 116 valence electrons. The molecule has 0 aliphatic rings. The SMILES string of the molecule is CCc1cc(/C=C\C(=O)C(C)(C)C)cc(C(C)(C)C)c1O. The van der Waals surface area contributed by atoms with E-state index >= 15 is 0 Å². The number of aromatic hydroxyl groups is 1. The van der Waals surface area contributed by atoms with Crippen LogP contribution in [0.4, 0.5) is 0 Å². The molecule has 21 heavy (non-hydrogen) atoms. The molecule has 0 saturated carbocycles. The molecule has 2 heteroatoms. The second kappa shape index (κ2) is 6.05. The van der Waals surface area contributed by atoms with Crippen molar-refractivity contribution in [3.63, 3.8) is 0 Å². The van der Waals surface area contributed by atoms with Crippen molar-refractivity contribution < 1.29 is 9.90 Å². The molecule has 0 bridgehead atoms. The van der Waals surface area contributed by atoms with Crippen molar-refractivity contribution in [2.24, 2.45) is 5.41 Å². The molecule has 1 aromatic carbocycles. The smallest absolute Gasteiger partial charge is 0.161 e. The van der Waals surface area contributed by atoms with Crippen LogP contribution >= 0.6 is 0 Å². The standard InChI is InChI=1S/C19H28O2/c1-8-14-11-13(9-10-16(20)19(5,6)7)12-15(17(14)21)18(2,3)4/h9-12,21H,8H2,1-7H3/b10-9-. The van der Waals surface area contributed by atoms with Gasteiger partial charge in [0.05, 0.1) is 0 Å². The first-order chi connectivity index (χ1) is 9.46. The zero-order chi connectivity index (χ0) is 16.4. The fourth-order valence-corrected chi connectivity index (χ4v) is 2.08. The minimum absolute atomic E-state index is 0.103. The van der Waals surface area contributed by atoms with Crippen molar-refractivity contribution in [1.29, 1.82) is 0 Å². The van der Waals surface area contributed by atoms with Gasteiger partial charge in [-0.05, 0) is 41.2 Å². The van der Waals surface area contributed by atoms with Crippen molar-refractivity contribution in [3.8, 4) is 5.75 Å². The fourth-order valence-electron chi connectivity index (χ4n) is 2.08. The van der Waals surface area contributed by atoms with Crippen LogP contribution in [-0.2, 0) is 16.6 Å². The third kappa shape index (κ3) is 4.45. The van der Waals surface area contributed by atoms with E-state index in [2.05, 4.69) is 20.8 Å². The average molecular weight is 288 g/mol. The van der Waals surface area contributed by atoms with Gasteiger partial charge in [0.15, 0.2) is 5.78 Å². The molecule has 0 heterocycles. The van der Waals surface area contributed by atoms with Crippen LogP contribution in [0.5, 0.6) is 5.75 Å². The quantitative estimate of drug-likeness (QED) is 0.805. The largest absolute Gasteiger partial charge is 0.507 e. The van der Waals surface area contributed by atoms with Crippen molar-refractivity contribution in [2.45, 2.75) is 60.3 Å². The van der Waals surface area contributed by atoms with Crippen LogP contribution < -0.4 is 0 Å². The summed E-state index contributed by atoms with van der Waals surface area (Å²) >= 11 is 0. The summed E-state index contributed by atoms with van der Waals surface area (Å²) in [5, 5.41) is 10.4. The van der Waals surface area contributed by atoms with Gasteiger partial charge in [-0.1, -0.05) is 54.5 Å². The number of benzene rings is 1. The highest BCUT2D eigenvalue weighted by Crippen LogP contribution is 2.35. The predicted molar refractivity (Wildman–Crippen MR) is 89.7 cm³/mol. The molecule has 0 aliphatic carbocycles. The number of hydrogen-bond acceptors (Lipinski definition) is 2. The zero-order valence-electron chi connectivity index (χ0n) is 14.4. The first-order valence-corrected chi connectivity index (χ1v) is 7.55. The highest BCUT2D eigenvalue weighted by atomic mass is 16.3. The molecule has 0 atom stereocenters. The van der Waals surface area contributed by atoms with Crippen molar-refractivity contribution in [1.82, 2.24) is 0 Å². The first kappa shape index (κ1) is 17.5. The maximum atomic E-state index is 12.0. The van der Waals surface area contributed by atoms with Gasteiger partial charge in [0.1, 0.15) is 5.75 Å². The zero-order valence-corrected chi connectivity index (χ0v) is 14.4. The molecule has 0 aromatic heterocycles. The third-order valence-electron chi connectivity index (χ3n) is 3.57. The summed E-state index contributed by atoms with van der Waals surface area (Å²) in [4.78, 5) is 12.0. The van der Waals surface area contributed by atoms with Gasteiger partial charge in [-0.15, -0.1) is 0 Å². The predicted octanol–water partition coefficient (Wildman–Crippen LogP) is 4.88. The Hall–Kier alpha value is -1.57. The molecule has 0 fully saturated rings. The van der Waals surface area contributed by atoms with E-state index in [4.69, 9.17) is 0 Å². The first-order valence-electron chi connectivity index (χ1n) is 7.55. The molecule has 1 N–H and O–H groups in total. The second-order valence-electron chi connectivity index (χ2n) is 7.63. The summed E-state index contributed by atoms with van der Waals surface area (Å²) in [6.07, 6.45) is 4.25. The molecule has 0 amide bonds. The lowest BCUT2D eigenvalue weighted by Crippen LogP contribution is -2.17. The van der Waals surface area contributed by atoms with Gasteiger partial charge in [0.25, 0.3) is 0 Å². The number of rotatable bonds is 3. The van der Waals surface area contributed by atoms with Gasteiger partial charge in [0, 0.05) is 11.0 Å². The lowest BCUT2D eigenvalue weighted by molar-refractivity contribution is -0.121. The molecule has 0 unspecified atom stereocenters. The lowest BCUT2D eigenvalue weighted by atomic mass is 9.83. The van der Waals surface area contributed by atoms with Crippen LogP contribution in [0.1, 0.15) is 65.2 Å². The Morgan fingerprint density at radius 3 is 2.14 bits per heavy atom. The highest BCUT2D eigenvalue weighted by molar-refractivity contribution is 5.97. The van der Waals surface area contributed by atoms with Gasteiger partial charge < -0.3 is 5.11 Å². The Kier molecular flexibility index (Phi) is 5.03. The normalized spacial score (nSPS) is 12.9. The summed E-state index contributed by atoms with van der Waals surface area (Å²) in [5.74, 6) is 0.482. The van der Waals surface area contributed by atoms with Crippen LogP contribution in [0.3, 0.4) is 0 Å². The number of aryl methyl sites for hydroxylation is 1. The molecule has 2 nitrogen and oxygen atoms in total. The van der Waals surface area contributed by atoms with E-state index in [1.165, 1.54) is 0 Å². The number of phenolic OH excluding ortho intramolecular Hbond substituents is 1. The molecule has 0 radical (unpaired) electrons. The average Bonchev–Trinajstić information content (AvgIpc) is 2.34. The molecule has 1 rings (SSSR count). The van der Waals surface area contributed by atoms with E-state index in [0.717, 1.165) is 23.1 Å². The van der Waals surface area contributed by atoms with E-state index in [1.54, 1.807) is 6.08 Å². The number of carbonyl (C=O) groups is 1. The summed E-state index contributed by atoms with van der Waals surface area (Å²) in [7, 11) is 0.